The SMILES string of the molecule is CCOc1cccc(C(CN)Nc2ccc(C)c(Cl)c2)c1. The number of ether oxygens (including phenoxy) is 1. The van der Waals surface area contributed by atoms with Gasteiger partial charge in [0.2, 0.25) is 0 Å². The fourth-order valence-electron chi connectivity index (χ4n) is 2.15. The van der Waals surface area contributed by atoms with Crippen molar-refractivity contribution in [3.8, 4) is 5.75 Å². The van der Waals surface area contributed by atoms with Gasteiger partial charge in [-0.2, -0.15) is 0 Å². The van der Waals surface area contributed by atoms with Crippen LogP contribution in [0.25, 0.3) is 0 Å². The highest BCUT2D eigenvalue weighted by Gasteiger charge is 2.11. The number of nitrogens with one attached hydrogen (secondary N) is 1. The smallest absolute Gasteiger partial charge is 0.119 e. The summed E-state index contributed by atoms with van der Waals surface area (Å²) in [6.07, 6.45) is 0. The zero-order valence-electron chi connectivity index (χ0n) is 12.4. The van der Waals surface area contributed by atoms with Crippen molar-refractivity contribution in [2.75, 3.05) is 18.5 Å². The Hall–Kier alpha value is -1.71. The van der Waals surface area contributed by atoms with Crippen LogP contribution in [-0.2, 0) is 0 Å². The zero-order chi connectivity index (χ0) is 15.2. The Labute approximate surface area is 131 Å². The van der Waals surface area contributed by atoms with Gasteiger partial charge in [0.25, 0.3) is 0 Å². The highest BCUT2D eigenvalue weighted by molar-refractivity contribution is 6.31. The lowest BCUT2D eigenvalue weighted by Crippen LogP contribution is -2.20. The van der Waals surface area contributed by atoms with Crippen LogP contribution in [0.2, 0.25) is 5.02 Å². The van der Waals surface area contributed by atoms with Crippen LogP contribution in [0.5, 0.6) is 5.75 Å². The fourth-order valence-corrected chi connectivity index (χ4v) is 2.33. The molecule has 0 aliphatic rings. The summed E-state index contributed by atoms with van der Waals surface area (Å²) in [5, 5.41) is 4.17. The molecule has 2 aromatic rings. The van der Waals surface area contributed by atoms with E-state index < -0.39 is 0 Å². The van der Waals surface area contributed by atoms with Crippen LogP contribution in [0.3, 0.4) is 0 Å². The summed E-state index contributed by atoms with van der Waals surface area (Å²) in [7, 11) is 0. The lowest BCUT2D eigenvalue weighted by Gasteiger charge is -2.20. The van der Waals surface area contributed by atoms with Crippen LogP contribution < -0.4 is 15.8 Å². The molecule has 112 valence electrons. The van der Waals surface area contributed by atoms with Crippen molar-refractivity contribution in [2.24, 2.45) is 5.73 Å². The third-order valence-electron chi connectivity index (χ3n) is 3.32. The lowest BCUT2D eigenvalue weighted by atomic mass is 10.1. The number of anilines is 1. The van der Waals surface area contributed by atoms with Gasteiger partial charge in [0.05, 0.1) is 12.6 Å². The van der Waals surface area contributed by atoms with E-state index in [4.69, 9.17) is 22.1 Å². The molecule has 0 aromatic heterocycles. The summed E-state index contributed by atoms with van der Waals surface area (Å²) in [6.45, 7) is 5.09. The van der Waals surface area contributed by atoms with E-state index in [9.17, 15) is 0 Å². The summed E-state index contributed by atoms with van der Waals surface area (Å²) in [4.78, 5) is 0. The number of nitrogens with two attached hydrogens (primary N) is 1. The van der Waals surface area contributed by atoms with Crippen LogP contribution in [0.15, 0.2) is 42.5 Å². The zero-order valence-corrected chi connectivity index (χ0v) is 13.2. The number of hydrogen-bond acceptors (Lipinski definition) is 3. The molecule has 0 aliphatic carbocycles. The Balaban J connectivity index is 2.19. The van der Waals surface area contributed by atoms with Gasteiger partial charge in [0.1, 0.15) is 5.75 Å². The normalized spacial score (nSPS) is 12.0. The van der Waals surface area contributed by atoms with E-state index in [1.165, 1.54) is 0 Å². The van der Waals surface area contributed by atoms with Gasteiger partial charge in [0, 0.05) is 17.3 Å². The van der Waals surface area contributed by atoms with Gasteiger partial charge in [-0.25, -0.2) is 0 Å². The third kappa shape index (κ3) is 4.13. The van der Waals surface area contributed by atoms with Gasteiger partial charge >= 0.3 is 0 Å². The fraction of sp³-hybridized carbons (Fsp3) is 0.294. The van der Waals surface area contributed by atoms with Gasteiger partial charge in [-0.15, -0.1) is 0 Å². The number of benzene rings is 2. The molecule has 0 saturated heterocycles. The predicted octanol–water partition coefficient (Wildman–Crippen LogP) is 4.16. The molecular formula is C17H21ClN2O. The van der Waals surface area contributed by atoms with Crippen LogP contribution in [0.4, 0.5) is 5.69 Å². The maximum atomic E-state index is 6.16. The largest absolute Gasteiger partial charge is 0.494 e. The summed E-state index contributed by atoms with van der Waals surface area (Å²) < 4.78 is 5.54. The Morgan fingerprint density at radius 2 is 2.05 bits per heavy atom. The Bertz CT molecular complexity index is 601. The predicted molar refractivity (Wildman–Crippen MR) is 89.2 cm³/mol. The average molecular weight is 305 g/mol. The summed E-state index contributed by atoms with van der Waals surface area (Å²) in [5.74, 6) is 0.859. The second kappa shape index (κ2) is 7.34. The number of rotatable bonds is 6. The number of hydrogen-bond donors (Lipinski definition) is 2. The average Bonchev–Trinajstić information content (AvgIpc) is 2.49. The minimum Gasteiger partial charge on any atom is -0.494 e. The Kier molecular flexibility index (Phi) is 5.48. The first-order valence-electron chi connectivity index (χ1n) is 7.09. The first-order valence-corrected chi connectivity index (χ1v) is 7.47. The molecule has 1 atom stereocenters. The maximum Gasteiger partial charge on any atom is 0.119 e. The minimum atomic E-state index is 0.0178. The van der Waals surface area contributed by atoms with Crippen LogP contribution in [0.1, 0.15) is 24.1 Å². The summed E-state index contributed by atoms with van der Waals surface area (Å²) in [5.41, 5.74) is 9.03. The quantitative estimate of drug-likeness (QED) is 0.842. The number of halogens is 1. The van der Waals surface area contributed by atoms with Crippen molar-refractivity contribution in [3.05, 3.63) is 58.6 Å². The molecular weight excluding hydrogens is 284 g/mol. The molecule has 0 spiro atoms. The lowest BCUT2D eigenvalue weighted by molar-refractivity contribution is 0.339. The number of aryl methyl sites for hydroxylation is 1. The molecule has 21 heavy (non-hydrogen) atoms. The topological polar surface area (TPSA) is 47.3 Å². The van der Waals surface area contributed by atoms with E-state index >= 15 is 0 Å². The maximum absolute atomic E-state index is 6.16. The Morgan fingerprint density at radius 3 is 2.71 bits per heavy atom. The van der Waals surface area contributed by atoms with Crippen molar-refractivity contribution >= 4 is 17.3 Å². The first kappa shape index (κ1) is 15.7. The van der Waals surface area contributed by atoms with Crippen molar-refractivity contribution < 1.29 is 4.74 Å². The second-order valence-corrected chi connectivity index (χ2v) is 5.31. The van der Waals surface area contributed by atoms with Gasteiger partial charge in [0.15, 0.2) is 0 Å². The molecule has 0 saturated carbocycles. The monoisotopic (exact) mass is 304 g/mol. The third-order valence-corrected chi connectivity index (χ3v) is 3.73. The van der Waals surface area contributed by atoms with E-state index in [2.05, 4.69) is 5.32 Å². The molecule has 3 N–H and O–H groups in total. The standard InChI is InChI=1S/C17H21ClN2O/c1-3-21-15-6-4-5-13(9-15)17(11-19)20-14-8-7-12(2)16(18)10-14/h4-10,17,20H,3,11,19H2,1-2H3. The molecule has 0 fully saturated rings. The van der Waals surface area contributed by atoms with Gasteiger partial charge in [-0.1, -0.05) is 29.8 Å². The first-order chi connectivity index (χ1) is 10.1. The highest BCUT2D eigenvalue weighted by atomic mass is 35.5. The molecule has 0 bridgehead atoms. The minimum absolute atomic E-state index is 0.0178. The van der Waals surface area contributed by atoms with Crippen LogP contribution in [-0.4, -0.2) is 13.2 Å². The second-order valence-electron chi connectivity index (χ2n) is 4.90. The van der Waals surface area contributed by atoms with Gasteiger partial charge in [-0.05, 0) is 49.2 Å². The van der Waals surface area contributed by atoms with Crippen molar-refractivity contribution in [1.29, 1.82) is 0 Å². The van der Waals surface area contributed by atoms with Crippen molar-refractivity contribution in [2.45, 2.75) is 19.9 Å². The molecule has 0 aliphatic heterocycles. The van der Waals surface area contributed by atoms with Gasteiger partial charge < -0.3 is 15.8 Å². The van der Waals surface area contributed by atoms with Crippen LogP contribution in [0, 0.1) is 6.92 Å². The molecule has 0 heterocycles. The van der Waals surface area contributed by atoms with E-state index in [0.29, 0.717) is 13.2 Å². The summed E-state index contributed by atoms with van der Waals surface area (Å²) >= 11 is 6.16. The van der Waals surface area contributed by atoms with E-state index in [1.54, 1.807) is 0 Å². The molecule has 2 rings (SSSR count). The van der Waals surface area contributed by atoms with E-state index in [-0.39, 0.29) is 6.04 Å². The molecule has 0 amide bonds. The highest BCUT2D eigenvalue weighted by Crippen LogP contribution is 2.25. The molecule has 0 radical (unpaired) electrons. The van der Waals surface area contributed by atoms with Crippen molar-refractivity contribution in [3.63, 3.8) is 0 Å². The Morgan fingerprint density at radius 1 is 1.24 bits per heavy atom. The molecule has 4 heteroatoms. The van der Waals surface area contributed by atoms with Crippen LogP contribution >= 0.6 is 11.6 Å². The molecule has 2 aromatic carbocycles. The van der Waals surface area contributed by atoms with Crippen molar-refractivity contribution in [1.82, 2.24) is 0 Å². The van der Waals surface area contributed by atoms with Gasteiger partial charge in [-0.3, -0.25) is 0 Å². The van der Waals surface area contributed by atoms with E-state index in [1.807, 2.05) is 56.3 Å². The molecule has 3 nitrogen and oxygen atoms in total. The molecule has 1 unspecified atom stereocenters. The van der Waals surface area contributed by atoms with E-state index in [0.717, 1.165) is 27.6 Å². The summed E-state index contributed by atoms with van der Waals surface area (Å²) in [6, 6.07) is 13.9.